The molecule has 0 aliphatic carbocycles. The monoisotopic (exact) mass is 485 g/mol. The van der Waals surface area contributed by atoms with Gasteiger partial charge in [-0.25, -0.2) is 0 Å². The highest BCUT2D eigenvalue weighted by Gasteiger charge is 2.35. The van der Waals surface area contributed by atoms with Gasteiger partial charge in [0.25, 0.3) is 11.8 Å². The second-order valence-corrected chi connectivity index (χ2v) is 8.51. The number of carbonyl (C=O) groups excluding carboxylic acids is 3. The van der Waals surface area contributed by atoms with Crippen molar-refractivity contribution >= 4 is 39.3 Å². The molecular weight excluding hydrogens is 462 g/mol. The van der Waals surface area contributed by atoms with Crippen LogP contribution < -0.4 is 9.64 Å². The largest absolute Gasteiger partial charge is 0.495 e. The van der Waals surface area contributed by atoms with Gasteiger partial charge in [-0.15, -0.1) is 0 Å². The highest BCUT2D eigenvalue weighted by Crippen LogP contribution is 2.29. The molecule has 0 radical (unpaired) electrons. The third kappa shape index (κ3) is 4.30. The number of fused-ring (bicyclic) bond motifs is 1. The number of hydrogen-bond acceptors (Lipinski definition) is 5. The molecule has 4 rings (SSSR count). The summed E-state index contributed by atoms with van der Waals surface area (Å²) in [5, 5.41) is 0. The number of amides is 3. The molecule has 2 aromatic carbocycles. The highest BCUT2D eigenvalue weighted by molar-refractivity contribution is 9.10. The van der Waals surface area contributed by atoms with Gasteiger partial charge >= 0.3 is 0 Å². The van der Waals surface area contributed by atoms with Gasteiger partial charge in [-0.1, -0.05) is 28.1 Å². The first-order chi connectivity index (χ1) is 15.0. The van der Waals surface area contributed by atoms with Crippen molar-refractivity contribution < 1.29 is 19.1 Å². The number of anilines is 1. The molecule has 2 aliphatic rings. The molecule has 0 unspecified atom stereocenters. The number of hydrogen-bond donors (Lipinski definition) is 0. The summed E-state index contributed by atoms with van der Waals surface area (Å²) in [5.41, 5.74) is 1.87. The Bertz CT molecular complexity index is 1020. The molecule has 2 heterocycles. The van der Waals surface area contributed by atoms with Crippen molar-refractivity contribution in [3.05, 3.63) is 58.1 Å². The fourth-order valence-electron chi connectivity index (χ4n) is 4.10. The Morgan fingerprint density at radius 3 is 2.45 bits per heavy atom. The first-order valence-corrected chi connectivity index (χ1v) is 11.1. The summed E-state index contributed by atoms with van der Waals surface area (Å²) in [6.07, 6.45) is 0.768. The molecule has 1 fully saturated rings. The van der Waals surface area contributed by atoms with Crippen LogP contribution in [0.2, 0.25) is 0 Å². The van der Waals surface area contributed by atoms with Crippen LogP contribution in [-0.4, -0.2) is 67.4 Å². The van der Waals surface area contributed by atoms with E-state index in [9.17, 15) is 14.4 Å². The number of imide groups is 1. The Balaban J connectivity index is 1.27. The number of nitrogens with zero attached hydrogens (tertiary/aromatic N) is 3. The maximum atomic E-state index is 12.7. The smallest absolute Gasteiger partial charge is 0.261 e. The Hall–Kier alpha value is -2.87. The second kappa shape index (κ2) is 9.09. The molecule has 1 saturated heterocycles. The molecule has 7 nitrogen and oxygen atoms in total. The minimum Gasteiger partial charge on any atom is -0.495 e. The zero-order valence-corrected chi connectivity index (χ0v) is 18.9. The minimum atomic E-state index is -0.292. The van der Waals surface area contributed by atoms with Crippen LogP contribution in [0.4, 0.5) is 5.69 Å². The number of ether oxygens (including phenoxy) is 1. The van der Waals surface area contributed by atoms with E-state index in [1.165, 1.54) is 4.90 Å². The summed E-state index contributed by atoms with van der Waals surface area (Å²) in [5.74, 6) is 0.304. The number of benzene rings is 2. The first-order valence-electron chi connectivity index (χ1n) is 10.3. The lowest BCUT2D eigenvalue weighted by Gasteiger charge is -2.36. The van der Waals surface area contributed by atoms with Crippen molar-refractivity contribution in [1.82, 2.24) is 9.80 Å². The summed E-state index contributed by atoms with van der Waals surface area (Å²) >= 11 is 3.33. The number of piperazine rings is 1. The van der Waals surface area contributed by atoms with Crippen LogP contribution in [0.3, 0.4) is 0 Å². The molecular formula is C23H24BrN3O4. The normalized spacial score (nSPS) is 16.0. The van der Waals surface area contributed by atoms with Crippen LogP contribution in [0, 0.1) is 0 Å². The fourth-order valence-corrected chi connectivity index (χ4v) is 4.46. The summed E-state index contributed by atoms with van der Waals surface area (Å²) < 4.78 is 6.20. The van der Waals surface area contributed by atoms with Crippen LogP contribution in [0.1, 0.15) is 33.6 Å². The predicted molar refractivity (Wildman–Crippen MR) is 121 cm³/mol. The first kappa shape index (κ1) is 21.4. The van der Waals surface area contributed by atoms with Gasteiger partial charge in [0.1, 0.15) is 5.75 Å². The molecule has 3 amide bonds. The van der Waals surface area contributed by atoms with Crippen molar-refractivity contribution in [1.29, 1.82) is 0 Å². The van der Waals surface area contributed by atoms with E-state index in [1.807, 2.05) is 29.2 Å². The van der Waals surface area contributed by atoms with Gasteiger partial charge in [-0.05, 0) is 36.8 Å². The molecule has 31 heavy (non-hydrogen) atoms. The van der Waals surface area contributed by atoms with Crippen molar-refractivity contribution in [2.45, 2.75) is 12.8 Å². The van der Waals surface area contributed by atoms with Crippen molar-refractivity contribution in [2.75, 3.05) is 44.7 Å². The number of carbonyl (C=O) groups is 3. The van der Waals surface area contributed by atoms with Crippen LogP contribution >= 0.6 is 15.9 Å². The second-order valence-electron chi connectivity index (χ2n) is 7.60. The molecule has 8 heteroatoms. The number of para-hydroxylation sites is 2. The van der Waals surface area contributed by atoms with Crippen LogP contribution in [0.5, 0.6) is 5.75 Å². The predicted octanol–water partition coefficient (Wildman–Crippen LogP) is 3.18. The molecule has 0 bridgehead atoms. The topological polar surface area (TPSA) is 70.2 Å². The Morgan fingerprint density at radius 1 is 1.00 bits per heavy atom. The van der Waals surface area contributed by atoms with Gasteiger partial charge in [-0.2, -0.15) is 0 Å². The number of methoxy groups -OCH3 is 1. The summed E-state index contributed by atoms with van der Waals surface area (Å²) in [6.45, 7) is 2.99. The van der Waals surface area contributed by atoms with Gasteiger partial charge in [0, 0.05) is 43.6 Å². The Labute approximate surface area is 189 Å². The van der Waals surface area contributed by atoms with Crippen LogP contribution in [-0.2, 0) is 4.79 Å². The van der Waals surface area contributed by atoms with E-state index >= 15 is 0 Å². The van der Waals surface area contributed by atoms with Gasteiger partial charge in [0.05, 0.1) is 23.9 Å². The molecule has 162 valence electrons. The summed E-state index contributed by atoms with van der Waals surface area (Å²) in [6, 6.07) is 13.0. The lowest BCUT2D eigenvalue weighted by Crippen LogP contribution is -2.49. The molecule has 2 aliphatic heterocycles. The Morgan fingerprint density at radius 2 is 1.71 bits per heavy atom. The summed E-state index contributed by atoms with van der Waals surface area (Å²) in [4.78, 5) is 43.0. The molecule has 0 aromatic heterocycles. The lowest BCUT2D eigenvalue weighted by molar-refractivity contribution is -0.131. The zero-order valence-electron chi connectivity index (χ0n) is 17.3. The summed E-state index contributed by atoms with van der Waals surface area (Å²) in [7, 11) is 1.66. The molecule has 0 saturated carbocycles. The maximum absolute atomic E-state index is 12.7. The minimum absolute atomic E-state index is 0.0547. The average Bonchev–Trinajstić information content (AvgIpc) is 3.03. The Kier molecular flexibility index (Phi) is 6.27. The van der Waals surface area contributed by atoms with E-state index in [1.54, 1.807) is 25.3 Å². The molecule has 0 atom stereocenters. The standard InChI is InChI=1S/C23H24BrN3O4/c1-31-20-6-3-2-5-19(20)25-11-13-26(14-12-25)21(28)7-4-10-27-22(29)17-9-8-16(24)15-18(17)23(27)30/h2-3,5-6,8-9,15H,4,7,10-14H2,1H3. The van der Waals surface area contributed by atoms with E-state index in [2.05, 4.69) is 20.8 Å². The van der Waals surface area contributed by atoms with E-state index < -0.39 is 0 Å². The van der Waals surface area contributed by atoms with E-state index in [-0.39, 0.29) is 24.3 Å². The average molecular weight is 486 g/mol. The SMILES string of the molecule is COc1ccccc1N1CCN(C(=O)CCCN2C(=O)c3ccc(Br)cc3C2=O)CC1. The highest BCUT2D eigenvalue weighted by atomic mass is 79.9. The number of halogens is 1. The third-order valence-corrected chi connectivity index (χ3v) is 6.26. The zero-order chi connectivity index (χ0) is 22.0. The van der Waals surface area contributed by atoms with E-state index in [4.69, 9.17) is 4.74 Å². The molecule has 0 N–H and O–H groups in total. The van der Waals surface area contributed by atoms with Crippen molar-refractivity contribution in [2.24, 2.45) is 0 Å². The van der Waals surface area contributed by atoms with Gasteiger partial charge < -0.3 is 14.5 Å². The lowest BCUT2D eigenvalue weighted by atomic mass is 10.1. The van der Waals surface area contributed by atoms with Gasteiger partial charge in [0.2, 0.25) is 5.91 Å². The van der Waals surface area contributed by atoms with Crippen molar-refractivity contribution in [3.63, 3.8) is 0 Å². The van der Waals surface area contributed by atoms with Crippen LogP contribution in [0.15, 0.2) is 46.9 Å². The number of rotatable bonds is 6. The van der Waals surface area contributed by atoms with Gasteiger partial charge in [-0.3, -0.25) is 19.3 Å². The molecule has 0 spiro atoms. The third-order valence-electron chi connectivity index (χ3n) is 5.76. The maximum Gasteiger partial charge on any atom is 0.261 e. The fraction of sp³-hybridized carbons (Fsp3) is 0.348. The quantitative estimate of drug-likeness (QED) is 0.587. The van der Waals surface area contributed by atoms with Crippen LogP contribution in [0.25, 0.3) is 0 Å². The van der Waals surface area contributed by atoms with E-state index in [0.29, 0.717) is 37.1 Å². The van der Waals surface area contributed by atoms with Crippen molar-refractivity contribution in [3.8, 4) is 5.75 Å². The van der Waals surface area contributed by atoms with E-state index in [0.717, 1.165) is 29.0 Å². The molecule has 2 aromatic rings. The van der Waals surface area contributed by atoms with Gasteiger partial charge in [0.15, 0.2) is 0 Å².